The highest BCUT2D eigenvalue weighted by Crippen LogP contribution is 2.28. The Hall–Kier alpha value is -3.62. The summed E-state index contributed by atoms with van der Waals surface area (Å²) in [5, 5.41) is 13.8. The van der Waals surface area contributed by atoms with Crippen LogP contribution >= 0.6 is 11.3 Å². The summed E-state index contributed by atoms with van der Waals surface area (Å²) in [7, 11) is -2.58. The number of carboxylic acid groups (broad SMARTS) is 1. The largest absolute Gasteiger partial charge is 0.496 e. The van der Waals surface area contributed by atoms with Gasteiger partial charge in [-0.1, -0.05) is 0 Å². The molecule has 1 fully saturated rings. The number of aromatic carboxylic acids is 1. The van der Waals surface area contributed by atoms with Crippen molar-refractivity contribution < 1.29 is 32.2 Å². The second kappa shape index (κ2) is 10.2. The third-order valence-corrected chi connectivity index (χ3v) is 8.67. The van der Waals surface area contributed by atoms with Crippen LogP contribution in [-0.4, -0.2) is 65.8 Å². The molecule has 3 heterocycles. The number of thiophene rings is 1. The van der Waals surface area contributed by atoms with Gasteiger partial charge < -0.3 is 20.9 Å². The number of carboxylic acids is 1. The van der Waals surface area contributed by atoms with Crippen LogP contribution in [0.5, 0.6) is 5.75 Å². The first kappa shape index (κ1) is 25.5. The Balaban J connectivity index is 1.43. The molecular weight excluding hydrogens is 513 g/mol. The van der Waals surface area contributed by atoms with Gasteiger partial charge in [-0.05, 0) is 42.5 Å². The number of nitrogens with zero attached hydrogens (tertiary/aromatic N) is 3. The van der Waals surface area contributed by atoms with Gasteiger partial charge in [0.2, 0.25) is 21.8 Å². The van der Waals surface area contributed by atoms with E-state index >= 15 is 0 Å². The third kappa shape index (κ3) is 5.01. The van der Waals surface area contributed by atoms with Crippen molar-refractivity contribution >= 4 is 44.9 Å². The van der Waals surface area contributed by atoms with Crippen molar-refractivity contribution in [2.45, 2.75) is 23.8 Å². The predicted octanol–water partition coefficient (Wildman–Crippen LogP) is 2.46. The van der Waals surface area contributed by atoms with Crippen LogP contribution in [0.2, 0.25) is 0 Å². The molecule has 0 unspecified atom stereocenters. The third-order valence-electron chi connectivity index (χ3n) is 5.70. The Morgan fingerprint density at radius 2 is 1.97 bits per heavy atom. The number of hydrogen-bond acceptors (Lipinski definition) is 10. The smallest absolute Gasteiger partial charge is 0.347 e. The molecule has 190 valence electrons. The highest BCUT2D eigenvalue weighted by molar-refractivity contribution is 7.89. The number of piperidine rings is 1. The minimum absolute atomic E-state index is 0.0150. The van der Waals surface area contributed by atoms with E-state index in [-0.39, 0.29) is 57.5 Å². The van der Waals surface area contributed by atoms with Crippen LogP contribution in [0.4, 0.5) is 16.2 Å². The van der Waals surface area contributed by atoms with Gasteiger partial charge in [0, 0.05) is 25.3 Å². The molecule has 1 aliphatic heterocycles. The van der Waals surface area contributed by atoms with E-state index in [1.807, 2.05) is 0 Å². The second-order valence-corrected chi connectivity index (χ2v) is 10.7. The Morgan fingerprint density at radius 3 is 2.61 bits per heavy atom. The molecule has 36 heavy (non-hydrogen) atoms. The first-order chi connectivity index (χ1) is 17.1. The highest BCUT2D eigenvalue weighted by Gasteiger charge is 2.33. The van der Waals surface area contributed by atoms with Crippen LogP contribution in [0.25, 0.3) is 0 Å². The lowest BCUT2D eigenvalue weighted by atomic mass is 10.0. The maximum absolute atomic E-state index is 13.7. The number of benzene rings is 1. The van der Waals surface area contributed by atoms with Gasteiger partial charge in [0.1, 0.15) is 27.2 Å². The average molecular weight is 536 g/mol. The molecule has 3 aromatic rings. The number of carbonyl (C=O) groups is 2. The number of rotatable bonds is 8. The Morgan fingerprint density at radius 1 is 1.25 bits per heavy atom. The molecule has 4 rings (SSSR count). The molecule has 11 nitrogen and oxygen atoms in total. The number of nitrogens with two attached hydrogens (primary N) is 1. The Bertz CT molecular complexity index is 1420. The maximum Gasteiger partial charge on any atom is 0.347 e. The summed E-state index contributed by atoms with van der Waals surface area (Å²) >= 11 is 0.861. The fourth-order valence-corrected chi connectivity index (χ4v) is 6.56. The van der Waals surface area contributed by atoms with E-state index in [1.54, 1.807) is 0 Å². The number of ether oxygens (including phenoxy) is 1. The lowest BCUT2D eigenvalue weighted by Crippen LogP contribution is -2.42. The Kier molecular flexibility index (Phi) is 7.19. The zero-order chi connectivity index (χ0) is 26.0. The minimum atomic E-state index is -3.94. The summed E-state index contributed by atoms with van der Waals surface area (Å²) in [6.45, 7) is 0.334. The Labute approximate surface area is 209 Å². The number of hydrogen-bond donors (Lipinski definition) is 3. The van der Waals surface area contributed by atoms with Gasteiger partial charge in [-0.2, -0.15) is 9.29 Å². The lowest BCUT2D eigenvalue weighted by Gasteiger charge is -2.31. The van der Waals surface area contributed by atoms with E-state index in [9.17, 15) is 27.5 Å². The van der Waals surface area contributed by atoms with Gasteiger partial charge in [-0.15, -0.1) is 11.3 Å². The zero-order valence-corrected chi connectivity index (χ0v) is 20.6. The van der Waals surface area contributed by atoms with Gasteiger partial charge in [-0.25, -0.2) is 22.6 Å². The van der Waals surface area contributed by atoms with Gasteiger partial charge in [0.25, 0.3) is 0 Å². The van der Waals surface area contributed by atoms with Gasteiger partial charge >= 0.3 is 5.97 Å². The number of nitrogens with one attached hydrogen (secondary N) is 1. The fraction of sp³-hybridized carbons (Fsp3) is 0.273. The van der Waals surface area contributed by atoms with Gasteiger partial charge in [0.05, 0.1) is 18.2 Å². The van der Waals surface area contributed by atoms with Crippen LogP contribution < -0.4 is 15.8 Å². The van der Waals surface area contributed by atoms with Crippen LogP contribution in [-0.2, 0) is 10.0 Å². The number of carbonyl (C=O) groups excluding carboxylic acids is 1. The number of sulfonamides is 1. The van der Waals surface area contributed by atoms with Gasteiger partial charge in [-0.3, -0.25) is 4.79 Å². The topological polar surface area (TPSA) is 165 Å². The van der Waals surface area contributed by atoms with Gasteiger partial charge in [0.15, 0.2) is 0 Å². The number of ketones is 1. The van der Waals surface area contributed by atoms with Crippen molar-refractivity contribution in [3.05, 3.63) is 57.7 Å². The summed E-state index contributed by atoms with van der Waals surface area (Å²) in [5.74, 6) is -2.26. The fourth-order valence-electron chi connectivity index (χ4n) is 3.86. The molecular formula is C22H22FN5O6S2. The summed E-state index contributed by atoms with van der Waals surface area (Å²) in [6.07, 6.45) is 2.06. The van der Waals surface area contributed by atoms with Crippen molar-refractivity contribution in [1.29, 1.82) is 0 Å². The van der Waals surface area contributed by atoms with E-state index in [0.717, 1.165) is 17.4 Å². The quantitative estimate of drug-likeness (QED) is 0.365. The number of halogens is 1. The van der Waals surface area contributed by atoms with Crippen molar-refractivity contribution in [1.82, 2.24) is 14.3 Å². The first-order valence-corrected chi connectivity index (χ1v) is 13.0. The molecule has 0 atom stereocenters. The molecule has 0 bridgehead atoms. The molecule has 1 aliphatic rings. The molecule has 1 saturated heterocycles. The number of methoxy groups -OCH3 is 1. The maximum atomic E-state index is 13.7. The SMILES string of the molecule is COc1ccc(F)cc1C(=O)c1cnc(NC2CCN(S(=O)(=O)c3ccsc3C(=O)O)CC2)nc1N. The predicted molar refractivity (Wildman–Crippen MR) is 130 cm³/mol. The average Bonchev–Trinajstić information content (AvgIpc) is 3.36. The van der Waals surface area contributed by atoms with E-state index < -0.39 is 27.6 Å². The molecule has 0 spiro atoms. The molecule has 0 saturated carbocycles. The lowest BCUT2D eigenvalue weighted by molar-refractivity contribution is 0.0698. The molecule has 4 N–H and O–H groups in total. The molecule has 0 radical (unpaired) electrons. The van der Waals surface area contributed by atoms with Crippen LogP contribution in [0, 0.1) is 5.82 Å². The highest BCUT2D eigenvalue weighted by atomic mass is 32.2. The molecule has 0 amide bonds. The second-order valence-electron chi connectivity index (χ2n) is 7.91. The standard InChI is InChI=1S/C22H22FN5O6S2/c1-34-16-3-2-12(23)10-14(16)18(29)15-11-25-22(27-20(15)24)26-13-4-7-28(8-5-13)36(32,33)17-6-9-35-19(17)21(30)31/h2-3,6,9-11,13H,4-5,7-8H2,1H3,(H,30,31)(H3,24,25,26,27). The van der Waals surface area contributed by atoms with Crippen LogP contribution in [0.1, 0.15) is 38.4 Å². The summed E-state index contributed by atoms with van der Waals surface area (Å²) in [5.41, 5.74) is 5.95. The first-order valence-electron chi connectivity index (χ1n) is 10.7. The summed E-state index contributed by atoms with van der Waals surface area (Å²) in [4.78, 5) is 32.1. The zero-order valence-electron chi connectivity index (χ0n) is 19.0. The normalized spacial score (nSPS) is 14.9. The van der Waals surface area contributed by atoms with E-state index in [4.69, 9.17) is 10.5 Å². The van der Waals surface area contributed by atoms with Crippen molar-refractivity contribution in [2.75, 3.05) is 31.2 Å². The molecule has 2 aromatic heterocycles. The van der Waals surface area contributed by atoms with E-state index in [2.05, 4.69) is 15.3 Å². The molecule has 14 heteroatoms. The van der Waals surface area contributed by atoms with E-state index in [0.29, 0.717) is 12.8 Å². The van der Waals surface area contributed by atoms with Crippen molar-refractivity contribution in [3.8, 4) is 5.75 Å². The summed E-state index contributed by atoms with van der Waals surface area (Å²) in [6, 6.07) is 4.67. The number of anilines is 2. The summed E-state index contributed by atoms with van der Waals surface area (Å²) < 4.78 is 45.9. The number of aromatic nitrogens is 2. The van der Waals surface area contributed by atoms with E-state index in [1.165, 1.54) is 41.2 Å². The van der Waals surface area contributed by atoms with Crippen molar-refractivity contribution in [2.24, 2.45) is 0 Å². The molecule has 0 aliphatic carbocycles. The van der Waals surface area contributed by atoms with Crippen LogP contribution in [0.3, 0.4) is 0 Å². The minimum Gasteiger partial charge on any atom is -0.496 e. The monoisotopic (exact) mass is 535 g/mol. The number of nitrogen functional groups attached to an aromatic ring is 1. The molecule has 1 aromatic carbocycles. The van der Waals surface area contributed by atoms with Crippen LogP contribution in [0.15, 0.2) is 40.7 Å². The van der Waals surface area contributed by atoms with Crippen molar-refractivity contribution in [3.63, 3.8) is 0 Å².